The van der Waals surface area contributed by atoms with Crippen LogP contribution >= 0.6 is 0 Å². The SMILES string of the molecule is CCCC[C@H](NC(=O)[C@H](Cc1cccc2ccccc12)CS(=O)(=O)C[C@@H]1CO1)C(=O)OC(C)(C)C. The number of hydrogen-bond donors (Lipinski definition) is 1. The summed E-state index contributed by atoms with van der Waals surface area (Å²) in [5.74, 6) is -2.22. The molecular weight excluding hydrogens is 466 g/mol. The van der Waals surface area contributed by atoms with Crippen LogP contribution in [-0.2, 0) is 35.3 Å². The molecule has 2 aromatic rings. The Labute approximate surface area is 208 Å². The third kappa shape index (κ3) is 8.61. The van der Waals surface area contributed by atoms with Crippen LogP contribution in [0.15, 0.2) is 42.5 Å². The number of carbonyl (C=O) groups is 2. The first-order chi connectivity index (χ1) is 16.5. The third-order valence-electron chi connectivity index (χ3n) is 5.87. The van der Waals surface area contributed by atoms with Gasteiger partial charge in [-0.2, -0.15) is 0 Å². The predicted molar refractivity (Wildman–Crippen MR) is 137 cm³/mol. The first-order valence-corrected chi connectivity index (χ1v) is 14.1. The molecule has 8 heteroatoms. The summed E-state index contributed by atoms with van der Waals surface area (Å²) in [6.45, 7) is 7.76. The molecule has 0 bridgehead atoms. The molecule has 1 fully saturated rings. The van der Waals surface area contributed by atoms with Gasteiger partial charge in [0.1, 0.15) is 11.6 Å². The molecule has 7 nitrogen and oxygen atoms in total. The number of epoxide rings is 1. The molecule has 0 aromatic heterocycles. The highest BCUT2D eigenvalue weighted by atomic mass is 32.2. The normalized spacial score (nSPS) is 17.5. The van der Waals surface area contributed by atoms with Crippen molar-refractivity contribution in [1.29, 1.82) is 0 Å². The second-order valence-corrected chi connectivity index (χ2v) is 12.5. The van der Waals surface area contributed by atoms with Gasteiger partial charge in [-0.15, -0.1) is 0 Å². The summed E-state index contributed by atoms with van der Waals surface area (Å²) in [5, 5.41) is 4.82. The Morgan fingerprint density at radius 1 is 1.14 bits per heavy atom. The maximum absolute atomic E-state index is 13.5. The van der Waals surface area contributed by atoms with Crippen LogP contribution in [0.3, 0.4) is 0 Å². The van der Waals surface area contributed by atoms with E-state index in [1.54, 1.807) is 20.8 Å². The van der Waals surface area contributed by atoms with Gasteiger partial charge in [0.2, 0.25) is 5.91 Å². The van der Waals surface area contributed by atoms with Crippen LogP contribution in [0.1, 0.15) is 52.5 Å². The van der Waals surface area contributed by atoms with Crippen molar-refractivity contribution >= 4 is 32.5 Å². The van der Waals surface area contributed by atoms with Crippen molar-refractivity contribution in [2.24, 2.45) is 5.92 Å². The number of rotatable bonds is 12. The molecule has 2 aromatic carbocycles. The molecule has 0 spiro atoms. The lowest BCUT2D eigenvalue weighted by Crippen LogP contribution is -2.47. The van der Waals surface area contributed by atoms with Crippen LogP contribution in [0.4, 0.5) is 0 Å². The van der Waals surface area contributed by atoms with Gasteiger partial charge in [-0.3, -0.25) is 4.79 Å². The van der Waals surface area contributed by atoms with E-state index >= 15 is 0 Å². The Morgan fingerprint density at radius 2 is 1.83 bits per heavy atom. The minimum Gasteiger partial charge on any atom is -0.458 e. The van der Waals surface area contributed by atoms with Crippen molar-refractivity contribution in [2.45, 2.75) is 71.1 Å². The largest absolute Gasteiger partial charge is 0.458 e. The summed E-state index contributed by atoms with van der Waals surface area (Å²) in [5.41, 5.74) is 0.200. The predicted octanol–water partition coefficient (Wildman–Crippen LogP) is 3.83. The number of benzene rings is 2. The van der Waals surface area contributed by atoms with E-state index in [1.807, 2.05) is 49.4 Å². The van der Waals surface area contributed by atoms with E-state index in [0.29, 0.717) is 13.0 Å². The highest BCUT2D eigenvalue weighted by molar-refractivity contribution is 7.91. The van der Waals surface area contributed by atoms with Gasteiger partial charge in [-0.1, -0.05) is 62.2 Å². The zero-order valence-corrected chi connectivity index (χ0v) is 21.9. The van der Waals surface area contributed by atoms with E-state index in [-0.39, 0.29) is 24.0 Å². The van der Waals surface area contributed by atoms with Crippen LogP contribution in [0.25, 0.3) is 10.8 Å². The van der Waals surface area contributed by atoms with Crippen molar-refractivity contribution in [3.8, 4) is 0 Å². The second-order valence-electron chi connectivity index (χ2n) is 10.3. The number of carbonyl (C=O) groups excluding carboxylic acids is 2. The molecule has 1 aliphatic rings. The van der Waals surface area contributed by atoms with Gasteiger partial charge in [0, 0.05) is 0 Å². The van der Waals surface area contributed by atoms with Gasteiger partial charge >= 0.3 is 5.97 Å². The lowest BCUT2D eigenvalue weighted by Gasteiger charge is -2.26. The van der Waals surface area contributed by atoms with Gasteiger partial charge in [0.15, 0.2) is 9.84 Å². The minimum atomic E-state index is -3.54. The summed E-state index contributed by atoms with van der Waals surface area (Å²) in [7, 11) is -3.54. The zero-order chi connectivity index (χ0) is 25.6. The number of hydrogen-bond acceptors (Lipinski definition) is 6. The van der Waals surface area contributed by atoms with Crippen molar-refractivity contribution in [3.63, 3.8) is 0 Å². The minimum absolute atomic E-state index is 0.0996. The Hall–Kier alpha value is -2.45. The average Bonchev–Trinajstić information content (AvgIpc) is 3.58. The molecule has 1 N–H and O–H groups in total. The van der Waals surface area contributed by atoms with E-state index in [0.717, 1.165) is 29.2 Å². The summed E-state index contributed by atoms with van der Waals surface area (Å²) in [6.07, 6.45) is 1.97. The number of ether oxygens (including phenoxy) is 2. The molecule has 1 aliphatic heterocycles. The standard InChI is InChI=1S/C27H37NO6S/c1-5-6-14-24(26(30)34-27(2,3)4)28-25(29)21(17-35(31,32)18-22-16-33-22)15-20-12-9-11-19-10-7-8-13-23(19)20/h7-13,21-22,24H,5-6,14-18H2,1-4H3,(H,28,29)/t21-,22+,24+/m1/s1. The van der Waals surface area contributed by atoms with Crippen molar-refractivity contribution < 1.29 is 27.5 Å². The molecule has 1 saturated heterocycles. The van der Waals surface area contributed by atoms with E-state index < -0.39 is 39.3 Å². The fraction of sp³-hybridized carbons (Fsp3) is 0.556. The van der Waals surface area contributed by atoms with Crippen LogP contribution in [-0.4, -0.2) is 56.2 Å². The summed E-state index contributed by atoms with van der Waals surface area (Å²) in [6, 6.07) is 12.8. The van der Waals surface area contributed by atoms with Crippen molar-refractivity contribution in [2.75, 3.05) is 18.1 Å². The second kappa shape index (κ2) is 11.5. The number of unbranched alkanes of at least 4 members (excludes halogenated alkanes) is 1. The summed E-state index contributed by atoms with van der Waals surface area (Å²) >= 11 is 0. The number of fused-ring (bicyclic) bond motifs is 1. The smallest absolute Gasteiger partial charge is 0.329 e. The molecule has 0 unspecified atom stereocenters. The number of nitrogens with one attached hydrogen (secondary N) is 1. The quantitative estimate of drug-likeness (QED) is 0.349. The van der Waals surface area contributed by atoms with Gasteiger partial charge < -0.3 is 14.8 Å². The van der Waals surface area contributed by atoms with E-state index in [9.17, 15) is 18.0 Å². The topological polar surface area (TPSA) is 102 Å². The van der Waals surface area contributed by atoms with E-state index in [4.69, 9.17) is 9.47 Å². The van der Waals surface area contributed by atoms with Crippen LogP contribution in [0, 0.1) is 5.92 Å². The highest BCUT2D eigenvalue weighted by Gasteiger charge is 2.35. The molecule has 0 radical (unpaired) electrons. The van der Waals surface area contributed by atoms with Crippen molar-refractivity contribution in [1.82, 2.24) is 5.32 Å². The number of esters is 1. The van der Waals surface area contributed by atoms with Gasteiger partial charge in [-0.05, 0) is 49.9 Å². The summed E-state index contributed by atoms with van der Waals surface area (Å²) in [4.78, 5) is 26.3. The summed E-state index contributed by atoms with van der Waals surface area (Å²) < 4.78 is 36.4. The Morgan fingerprint density at radius 3 is 2.49 bits per heavy atom. The maximum Gasteiger partial charge on any atom is 0.329 e. The Balaban J connectivity index is 1.85. The molecule has 3 rings (SSSR count). The fourth-order valence-electron chi connectivity index (χ4n) is 4.10. The van der Waals surface area contributed by atoms with Crippen LogP contribution < -0.4 is 5.32 Å². The molecule has 35 heavy (non-hydrogen) atoms. The van der Waals surface area contributed by atoms with Crippen molar-refractivity contribution in [3.05, 3.63) is 48.0 Å². The lowest BCUT2D eigenvalue weighted by atomic mass is 9.95. The van der Waals surface area contributed by atoms with Gasteiger partial charge in [-0.25, -0.2) is 13.2 Å². The van der Waals surface area contributed by atoms with Crippen LogP contribution in [0.5, 0.6) is 0 Å². The molecule has 0 aliphatic carbocycles. The molecule has 0 saturated carbocycles. The zero-order valence-electron chi connectivity index (χ0n) is 21.1. The number of amides is 1. The third-order valence-corrected chi connectivity index (χ3v) is 7.66. The van der Waals surface area contributed by atoms with E-state index in [1.165, 1.54) is 0 Å². The Kier molecular flexibility index (Phi) is 8.94. The first-order valence-electron chi connectivity index (χ1n) is 12.3. The monoisotopic (exact) mass is 503 g/mol. The first kappa shape index (κ1) is 27.1. The maximum atomic E-state index is 13.5. The van der Waals surface area contributed by atoms with Gasteiger partial charge in [0.05, 0.1) is 30.1 Å². The molecule has 3 atom stereocenters. The van der Waals surface area contributed by atoms with E-state index in [2.05, 4.69) is 5.32 Å². The fourth-order valence-corrected chi connectivity index (χ4v) is 5.88. The number of sulfone groups is 1. The highest BCUT2D eigenvalue weighted by Crippen LogP contribution is 2.24. The average molecular weight is 504 g/mol. The molecular formula is C27H37NO6S. The molecule has 1 heterocycles. The van der Waals surface area contributed by atoms with Crippen LogP contribution in [0.2, 0.25) is 0 Å². The Bertz CT molecular complexity index is 1130. The molecule has 192 valence electrons. The van der Waals surface area contributed by atoms with Gasteiger partial charge in [0.25, 0.3) is 0 Å². The lowest BCUT2D eigenvalue weighted by molar-refractivity contribution is -0.159. The molecule has 1 amide bonds.